The molecule has 1 fully saturated rings. The molecule has 0 saturated carbocycles. The highest BCUT2D eigenvalue weighted by atomic mass is 16.7. The van der Waals surface area contributed by atoms with E-state index < -0.39 is 5.97 Å². The Hall–Kier alpha value is -0.940. The molecule has 1 rings (SSSR count). The summed E-state index contributed by atoms with van der Waals surface area (Å²) in [6.07, 6.45) is 0.374. The van der Waals surface area contributed by atoms with Crippen molar-refractivity contribution in [3.63, 3.8) is 0 Å². The van der Waals surface area contributed by atoms with Gasteiger partial charge in [-0.3, -0.25) is 9.59 Å². The second-order valence-electron chi connectivity index (χ2n) is 3.23. The summed E-state index contributed by atoms with van der Waals surface area (Å²) >= 11 is 0. The average Bonchev–Trinajstić information content (AvgIpc) is 2.67. The van der Waals surface area contributed by atoms with Gasteiger partial charge in [-0.05, 0) is 6.92 Å². The SMILES string of the molecule is CCOC(=O)CC(=O)C[13CH2]C1OCCO1. The normalized spacial score (nSPS) is 16.6. The molecule has 86 valence electrons. The van der Waals surface area contributed by atoms with E-state index in [0.717, 1.165) is 0 Å². The molecule has 0 unspecified atom stereocenters. The molecule has 0 aliphatic carbocycles. The zero-order valence-corrected chi connectivity index (χ0v) is 8.86. The Labute approximate surface area is 88.7 Å². The predicted molar refractivity (Wildman–Crippen MR) is 51.2 cm³/mol. The van der Waals surface area contributed by atoms with Gasteiger partial charge in [0.15, 0.2) is 6.29 Å². The van der Waals surface area contributed by atoms with Crippen molar-refractivity contribution in [2.24, 2.45) is 0 Å². The minimum absolute atomic E-state index is 0.132. The number of hydrogen-bond donors (Lipinski definition) is 0. The van der Waals surface area contributed by atoms with E-state index in [1.165, 1.54) is 0 Å². The standard InChI is InChI=1S/C10H16O5/c1-2-13-9(12)7-8(11)3-4-10-14-5-6-15-10/h10H,2-7H2,1H3/i4+1. The first-order chi connectivity index (χ1) is 7.22. The molecule has 5 heteroatoms. The molecule has 15 heavy (non-hydrogen) atoms. The molecule has 0 radical (unpaired) electrons. The van der Waals surface area contributed by atoms with E-state index in [2.05, 4.69) is 4.74 Å². The molecule has 0 amide bonds. The molecular weight excluding hydrogens is 201 g/mol. The summed E-state index contributed by atoms with van der Waals surface area (Å²) in [6.45, 7) is 3.18. The number of carbonyl (C=O) groups excluding carboxylic acids is 2. The zero-order chi connectivity index (χ0) is 11.1. The molecule has 0 bridgehead atoms. The molecule has 0 spiro atoms. The van der Waals surface area contributed by atoms with Crippen LogP contribution >= 0.6 is 0 Å². The monoisotopic (exact) mass is 217 g/mol. The van der Waals surface area contributed by atoms with Crippen LogP contribution in [0.2, 0.25) is 0 Å². The molecule has 1 heterocycles. The van der Waals surface area contributed by atoms with Crippen LogP contribution in [0.15, 0.2) is 0 Å². The van der Waals surface area contributed by atoms with Crippen LogP contribution < -0.4 is 0 Å². The van der Waals surface area contributed by atoms with Gasteiger partial charge in [-0.25, -0.2) is 0 Å². The topological polar surface area (TPSA) is 61.8 Å². The van der Waals surface area contributed by atoms with E-state index in [1.54, 1.807) is 6.92 Å². The van der Waals surface area contributed by atoms with Crippen LogP contribution in [0.3, 0.4) is 0 Å². The Morgan fingerprint density at radius 1 is 1.33 bits per heavy atom. The fraction of sp³-hybridized carbons (Fsp3) is 0.800. The van der Waals surface area contributed by atoms with Gasteiger partial charge in [0.25, 0.3) is 0 Å². The fourth-order valence-corrected chi connectivity index (χ4v) is 1.31. The minimum Gasteiger partial charge on any atom is -0.466 e. The van der Waals surface area contributed by atoms with E-state index in [4.69, 9.17) is 9.47 Å². The van der Waals surface area contributed by atoms with Gasteiger partial charge in [0.1, 0.15) is 12.2 Å². The van der Waals surface area contributed by atoms with E-state index in [9.17, 15) is 9.59 Å². The number of esters is 1. The summed E-state index contributed by atoms with van der Waals surface area (Å²) in [6, 6.07) is 0. The van der Waals surface area contributed by atoms with Gasteiger partial charge in [0.05, 0.1) is 19.8 Å². The molecule has 1 aliphatic rings. The van der Waals surface area contributed by atoms with Crippen molar-refractivity contribution in [2.75, 3.05) is 19.8 Å². The quantitative estimate of drug-likeness (QED) is 0.371. The second kappa shape index (κ2) is 6.53. The first kappa shape index (κ1) is 12.1. The molecule has 1 saturated heterocycles. The van der Waals surface area contributed by atoms with Gasteiger partial charge in [0, 0.05) is 12.8 Å². The Bertz CT molecular complexity index is 220. The van der Waals surface area contributed by atoms with Crippen LogP contribution in [0.1, 0.15) is 26.2 Å². The first-order valence-electron chi connectivity index (χ1n) is 5.13. The van der Waals surface area contributed by atoms with Crippen molar-refractivity contribution in [2.45, 2.75) is 32.5 Å². The Morgan fingerprint density at radius 3 is 2.60 bits per heavy atom. The molecule has 0 aromatic heterocycles. The lowest BCUT2D eigenvalue weighted by Crippen LogP contribution is -2.14. The van der Waals surface area contributed by atoms with Crippen LogP contribution in [-0.4, -0.2) is 37.9 Å². The molecular formula is C10H16O5. The van der Waals surface area contributed by atoms with Crippen LogP contribution in [0, 0.1) is 0 Å². The van der Waals surface area contributed by atoms with Crippen molar-refractivity contribution >= 4 is 11.8 Å². The molecule has 5 nitrogen and oxygen atoms in total. The van der Waals surface area contributed by atoms with Crippen molar-refractivity contribution in [1.82, 2.24) is 0 Å². The number of ether oxygens (including phenoxy) is 3. The second-order valence-corrected chi connectivity index (χ2v) is 3.23. The van der Waals surface area contributed by atoms with Crippen LogP contribution in [0.4, 0.5) is 0 Å². The third kappa shape index (κ3) is 4.90. The minimum atomic E-state index is -0.462. The Morgan fingerprint density at radius 2 is 2.00 bits per heavy atom. The zero-order valence-electron chi connectivity index (χ0n) is 8.86. The summed E-state index contributed by atoms with van der Waals surface area (Å²) in [5.74, 6) is -0.594. The average molecular weight is 217 g/mol. The number of ketones is 1. The number of Topliss-reactive ketones (excluding diaryl/α,β-unsaturated/α-hetero) is 1. The van der Waals surface area contributed by atoms with E-state index in [1.807, 2.05) is 0 Å². The largest absolute Gasteiger partial charge is 0.466 e. The van der Waals surface area contributed by atoms with E-state index >= 15 is 0 Å². The van der Waals surface area contributed by atoms with Gasteiger partial charge >= 0.3 is 5.97 Å². The van der Waals surface area contributed by atoms with Crippen LogP contribution in [-0.2, 0) is 23.8 Å². The highest BCUT2D eigenvalue weighted by Crippen LogP contribution is 2.11. The summed E-state index contributed by atoms with van der Waals surface area (Å²) in [5.41, 5.74) is 0. The highest BCUT2D eigenvalue weighted by molar-refractivity contribution is 5.95. The number of rotatable bonds is 6. The smallest absolute Gasteiger partial charge is 0.313 e. The van der Waals surface area contributed by atoms with Crippen LogP contribution in [0.25, 0.3) is 0 Å². The maximum absolute atomic E-state index is 11.3. The number of carbonyl (C=O) groups is 2. The lowest BCUT2D eigenvalue weighted by atomic mass is 10.2. The van der Waals surface area contributed by atoms with Crippen molar-refractivity contribution in [3.05, 3.63) is 0 Å². The third-order valence-corrected chi connectivity index (χ3v) is 2.00. The number of hydrogen-bond acceptors (Lipinski definition) is 5. The van der Waals surface area contributed by atoms with Crippen molar-refractivity contribution in [1.29, 1.82) is 0 Å². The van der Waals surface area contributed by atoms with E-state index in [-0.39, 0.29) is 18.5 Å². The molecule has 1 aliphatic heterocycles. The molecule has 0 N–H and O–H groups in total. The molecule has 0 aromatic rings. The first-order valence-corrected chi connectivity index (χ1v) is 5.13. The summed E-state index contributed by atoms with van der Waals surface area (Å²) in [4.78, 5) is 22.2. The Balaban J connectivity index is 2.09. The lowest BCUT2D eigenvalue weighted by Gasteiger charge is -2.07. The maximum Gasteiger partial charge on any atom is 0.313 e. The van der Waals surface area contributed by atoms with Crippen molar-refractivity contribution < 1.29 is 23.8 Å². The summed E-state index contributed by atoms with van der Waals surface area (Å²) < 4.78 is 15.0. The van der Waals surface area contributed by atoms with Gasteiger partial charge in [-0.1, -0.05) is 0 Å². The maximum atomic E-state index is 11.3. The van der Waals surface area contributed by atoms with Gasteiger partial charge < -0.3 is 14.2 Å². The van der Waals surface area contributed by atoms with Crippen molar-refractivity contribution in [3.8, 4) is 0 Å². The molecule has 0 atom stereocenters. The van der Waals surface area contributed by atoms with Gasteiger partial charge in [-0.15, -0.1) is 0 Å². The third-order valence-electron chi connectivity index (χ3n) is 2.00. The highest BCUT2D eigenvalue weighted by Gasteiger charge is 2.18. The van der Waals surface area contributed by atoms with Gasteiger partial charge in [0.2, 0.25) is 0 Å². The molecule has 0 aromatic carbocycles. The predicted octanol–water partition coefficient (Wildman–Crippen LogP) is 0.662. The summed E-state index contributed by atoms with van der Waals surface area (Å²) in [7, 11) is 0. The fourth-order valence-electron chi connectivity index (χ4n) is 1.31. The lowest BCUT2D eigenvalue weighted by molar-refractivity contribution is -0.145. The van der Waals surface area contributed by atoms with Gasteiger partial charge in [-0.2, -0.15) is 0 Å². The Kier molecular flexibility index (Phi) is 5.28. The summed E-state index contributed by atoms with van der Waals surface area (Å²) in [5, 5.41) is 0. The van der Waals surface area contributed by atoms with Crippen LogP contribution in [0.5, 0.6) is 0 Å². The van der Waals surface area contributed by atoms with E-state index in [0.29, 0.717) is 32.7 Å².